The van der Waals surface area contributed by atoms with E-state index in [0.717, 1.165) is 29.7 Å². The molecule has 2 amide bonds. The molecule has 2 aromatic carbocycles. The summed E-state index contributed by atoms with van der Waals surface area (Å²) in [4.78, 5) is 14.4. The normalized spacial score (nSPS) is 13.4. The van der Waals surface area contributed by atoms with Crippen molar-refractivity contribution in [3.8, 4) is 5.75 Å². The Kier molecular flexibility index (Phi) is 5.53. The minimum atomic E-state index is -0.261. The summed E-state index contributed by atoms with van der Waals surface area (Å²) in [6.45, 7) is 1.05. The van der Waals surface area contributed by atoms with E-state index in [0.29, 0.717) is 19.5 Å². The molecule has 0 aromatic heterocycles. The summed E-state index contributed by atoms with van der Waals surface area (Å²) in [5.41, 5.74) is 2.01. The topological polar surface area (TPSA) is 41.6 Å². The summed E-state index contributed by atoms with van der Waals surface area (Å²) in [6, 6.07) is 14.4. The molecule has 1 aliphatic carbocycles. The summed E-state index contributed by atoms with van der Waals surface area (Å²) in [5, 5.41) is 2.99. The van der Waals surface area contributed by atoms with E-state index < -0.39 is 0 Å². The van der Waals surface area contributed by atoms with Gasteiger partial charge in [0.05, 0.1) is 7.11 Å². The Hall–Kier alpha value is -2.56. The molecule has 1 fully saturated rings. The summed E-state index contributed by atoms with van der Waals surface area (Å²) in [7, 11) is 1.65. The number of benzene rings is 2. The zero-order chi connectivity index (χ0) is 17.6. The van der Waals surface area contributed by atoms with Gasteiger partial charge in [-0.2, -0.15) is 0 Å². The minimum Gasteiger partial charge on any atom is -0.496 e. The lowest BCUT2D eigenvalue weighted by Gasteiger charge is -2.23. The second kappa shape index (κ2) is 8.01. The van der Waals surface area contributed by atoms with Crippen LogP contribution in [0.4, 0.5) is 9.18 Å². The van der Waals surface area contributed by atoms with Crippen LogP contribution in [-0.2, 0) is 13.0 Å². The van der Waals surface area contributed by atoms with E-state index in [9.17, 15) is 9.18 Å². The Balaban J connectivity index is 1.55. The van der Waals surface area contributed by atoms with Gasteiger partial charge in [-0.3, -0.25) is 0 Å². The molecule has 25 heavy (non-hydrogen) atoms. The first-order chi connectivity index (χ1) is 12.2. The lowest BCUT2D eigenvalue weighted by molar-refractivity contribution is 0.192. The highest BCUT2D eigenvalue weighted by atomic mass is 19.1. The molecular weight excluding hydrogens is 319 g/mol. The van der Waals surface area contributed by atoms with E-state index >= 15 is 0 Å². The summed E-state index contributed by atoms with van der Waals surface area (Å²) >= 11 is 0. The van der Waals surface area contributed by atoms with Gasteiger partial charge in [0.25, 0.3) is 0 Å². The molecule has 0 unspecified atom stereocenters. The Morgan fingerprint density at radius 2 is 1.92 bits per heavy atom. The molecule has 132 valence electrons. The van der Waals surface area contributed by atoms with Crippen molar-refractivity contribution in [1.29, 1.82) is 0 Å². The average Bonchev–Trinajstić information content (AvgIpc) is 3.46. The highest BCUT2D eigenvalue weighted by Crippen LogP contribution is 2.28. The second-order valence-corrected chi connectivity index (χ2v) is 6.28. The first kappa shape index (κ1) is 17.3. The number of ether oxygens (including phenoxy) is 1. The Morgan fingerprint density at radius 1 is 1.20 bits per heavy atom. The van der Waals surface area contributed by atoms with E-state index in [2.05, 4.69) is 5.32 Å². The number of halogens is 1. The van der Waals surface area contributed by atoms with Crippen molar-refractivity contribution < 1.29 is 13.9 Å². The molecule has 0 saturated heterocycles. The molecule has 0 aliphatic heterocycles. The zero-order valence-corrected chi connectivity index (χ0v) is 14.4. The maximum atomic E-state index is 13.0. The smallest absolute Gasteiger partial charge is 0.317 e. The Labute approximate surface area is 147 Å². The molecule has 2 aromatic rings. The predicted octanol–water partition coefficient (Wildman–Crippen LogP) is 3.75. The molecule has 0 radical (unpaired) electrons. The van der Waals surface area contributed by atoms with Crippen LogP contribution in [0.25, 0.3) is 0 Å². The molecule has 0 spiro atoms. The van der Waals surface area contributed by atoms with Crippen LogP contribution in [0, 0.1) is 5.82 Å². The van der Waals surface area contributed by atoms with Gasteiger partial charge in [-0.25, -0.2) is 9.18 Å². The third-order valence-electron chi connectivity index (χ3n) is 4.38. The number of nitrogens with one attached hydrogen (secondary N) is 1. The highest BCUT2D eigenvalue weighted by molar-refractivity contribution is 5.75. The van der Waals surface area contributed by atoms with Crippen LogP contribution in [0.5, 0.6) is 5.75 Å². The van der Waals surface area contributed by atoms with Crippen molar-refractivity contribution in [3.05, 3.63) is 65.5 Å². The number of hydrogen-bond acceptors (Lipinski definition) is 2. The van der Waals surface area contributed by atoms with Crippen molar-refractivity contribution in [2.75, 3.05) is 13.7 Å². The number of rotatable bonds is 7. The van der Waals surface area contributed by atoms with E-state index in [1.165, 1.54) is 12.1 Å². The van der Waals surface area contributed by atoms with Crippen molar-refractivity contribution in [1.82, 2.24) is 10.2 Å². The monoisotopic (exact) mass is 342 g/mol. The first-order valence-electron chi connectivity index (χ1n) is 8.58. The maximum absolute atomic E-state index is 13.0. The van der Waals surface area contributed by atoms with Crippen LogP contribution in [0.15, 0.2) is 48.5 Å². The molecule has 4 nitrogen and oxygen atoms in total. The third kappa shape index (κ3) is 4.72. The van der Waals surface area contributed by atoms with Crippen LogP contribution in [0.3, 0.4) is 0 Å². The highest BCUT2D eigenvalue weighted by Gasteiger charge is 2.32. The lowest BCUT2D eigenvalue weighted by Crippen LogP contribution is -2.41. The van der Waals surface area contributed by atoms with Gasteiger partial charge in [-0.15, -0.1) is 0 Å². The summed E-state index contributed by atoms with van der Waals surface area (Å²) in [5.74, 6) is 0.574. The Bertz CT molecular complexity index is 714. The van der Waals surface area contributed by atoms with Crippen LogP contribution >= 0.6 is 0 Å². The fourth-order valence-corrected chi connectivity index (χ4v) is 2.85. The van der Waals surface area contributed by atoms with Gasteiger partial charge in [-0.05, 0) is 48.6 Å². The van der Waals surface area contributed by atoms with Crippen LogP contribution in [0.2, 0.25) is 0 Å². The van der Waals surface area contributed by atoms with Gasteiger partial charge < -0.3 is 15.0 Å². The average molecular weight is 342 g/mol. The molecular formula is C20H23FN2O2. The largest absolute Gasteiger partial charge is 0.496 e. The summed E-state index contributed by atoms with van der Waals surface area (Å²) < 4.78 is 18.4. The number of methoxy groups -OCH3 is 1. The lowest BCUT2D eigenvalue weighted by atomic mass is 10.1. The number of amides is 2. The van der Waals surface area contributed by atoms with Gasteiger partial charge >= 0.3 is 6.03 Å². The summed E-state index contributed by atoms with van der Waals surface area (Å²) in [6.07, 6.45) is 2.77. The second-order valence-electron chi connectivity index (χ2n) is 6.28. The molecule has 0 atom stereocenters. The van der Waals surface area contributed by atoms with Crippen molar-refractivity contribution >= 4 is 6.03 Å². The van der Waals surface area contributed by atoms with Gasteiger partial charge in [-0.1, -0.05) is 30.3 Å². The van der Waals surface area contributed by atoms with E-state index in [1.54, 1.807) is 19.2 Å². The molecule has 1 saturated carbocycles. The zero-order valence-electron chi connectivity index (χ0n) is 14.4. The standard InChI is InChI=1S/C20H23FN2O2/c1-25-19-5-3-2-4-16(19)12-13-22-20(24)23(18-10-11-18)14-15-6-8-17(21)9-7-15/h2-9,18H,10-14H2,1H3,(H,22,24). The molecule has 0 heterocycles. The number of carbonyl (C=O) groups excluding carboxylic acids is 1. The van der Waals surface area contributed by atoms with Crippen molar-refractivity contribution in [2.45, 2.75) is 31.8 Å². The maximum Gasteiger partial charge on any atom is 0.317 e. The van der Waals surface area contributed by atoms with E-state index in [1.807, 2.05) is 29.2 Å². The minimum absolute atomic E-state index is 0.0678. The number of carbonyl (C=O) groups is 1. The van der Waals surface area contributed by atoms with Crippen LogP contribution in [0.1, 0.15) is 24.0 Å². The fourth-order valence-electron chi connectivity index (χ4n) is 2.85. The number of para-hydroxylation sites is 1. The van der Waals surface area contributed by atoms with Gasteiger partial charge in [0, 0.05) is 19.1 Å². The van der Waals surface area contributed by atoms with Gasteiger partial charge in [0.2, 0.25) is 0 Å². The number of nitrogens with zero attached hydrogens (tertiary/aromatic N) is 1. The van der Waals surface area contributed by atoms with Crippen LogP contribution < -0.4 is 10.1 Å². The number of urea groups is 1. The molecule has 0 bridgehead atoms. The SMILES string of the molecule is COc1ccccc1CCNC(=O)N(Cc1ccc(F)cc1)C1CC1. The van der Waals surface area contributed by atoms with Crippen molar-refractivity contribution in [2.24, 2.45) is 0 Å². The molecule has 3 rings (SSSR count). The Morgan fingerprint density at radius 3 is 2.60 bits per heavy atom. The molecule has 1 aliphatic rings. The third-order valence-corrected chi connectivity index (χ3v) is 4.38. The fraction of sp³-hybridized carbons (Fsp3) is 0.350. The molecule has 1 N–H and O–H groups in total. The quantitative estimate of drug-likeness (QED) is 0.833. The first-order valence-corrected chi connectivity index (χ1v) is 8.58. The molecule has 5 heteroatoms. The number of hydrogen-bond donors (Lipinski definition) is 1. The van der Waals surface area contributed by atoms with Gasteiger partial charge in [0.15, 0.2) is 0 Å². The van der Waals surface area contributed by atoms with E-state index in [-0.39, 0.29) is 17.9 Å². The van der Waals surface area contributed by atoms with Crippen molar-refractivity contribution in [3.63, 3.8) is 0 Å². The van der Waals surface area contributed by atoms with E-state index in [4.69, 9.17) is 4.74 Å². The van der Waals surface area contributed by atoms with Gasteiger partial charge in [0.1, 0.15) is 11.6 Å². The predicted molar refractivity (Wildman–Crippen MR) is 95.1 cm³/mol. The van der Waals surface area contributed by atoms with Crippen LogP contribution in [-0.4, -0.2) is 30.6 Å².